The summed E-state index contributed by atoms with van der Waals surface area (Å²) in [7, 11) is 1.66. The average Bonchev–Trinajstić information content (AvgIpc) is 2.40. The second-order valence-electron chi connectivity index (χ2n) is 6.89. The van der Waals surface area contributed by atoms with Crippen LogP contribution in [0.2, 0.25) is 0 Å². The minimum absolute atomic E-state index is 0.168. The first-order valence-corrected chi connectivity index (χ1v) is 7.29. The molecule has 0 saturated heterocycles. The smallest absolute Gasteiger partial charge is 0.181 e. The molecule has 112 valence electrons. The number of Topliss-reactive ketones (excluding diaryl/α,β-unsaturated/α-hetero) is 1. The zero-order valence-corrected chi connectivity index (χ0v) is 13.6. The SMILES string of the molecule is C=C(C)CC1(c2ccccc2)C(=O)C(C(C)(C)C)=C1OC. The van der Waals surface area contributed by atoms with Crippen molar-refractivity contribution < 1.29 is 9.53 Å². The van der Waals surface area contributed by atoms with E-state index >= 15 is 0 Å². The second-order valence-corrected chi connectivity index (χ2v) is 6.89. The molecule has 0 amide bonds. The van der Waals surface area contributed by atoms with Crippen LogP contribution in [0.1, 0.15) is 39.7 Å². The lowest BCUT2D eigenvalue weighted by Crippen LogP contribution is -2.52. The lowest BCUT2D eigenvalue weighted by atomic mass is 9.56. The molecule has 1 aromatic carbocycles. The molecular weight excluding hydrogens is 260 g/mol. The number of rotatable bonds is 4. The van der Waals surface area contributed by atoms with Crippen molar-refractivity contribution in [3.05, 3.63) is 59.4 Å². The number of carbonyl (C=O) groups excluding carboxylic acids is 1. The number of benzene rings is 1. The van der Waals surface area contributed by atoms with Gasteiger partial charge in [-0.25, -0.2) is 0 Å². The highest BCUT2D eigenvalue weighted by Crippen LogP contribution is 2.54. The minimum atomic E-state index is -0.690. The fourth-order valence-electron chi connectivity index (χ4n) is 3.23. The predicted octanol–water partition coefficient (Wildman–Crippen LogP) is 4.42. The highest BCUT2D eigenvalue weighted by Gasteiger charge is 2.58. The first-order valence-electron chi connectivity index (χ1n) is 7.29. The van der Waals surface area contributed by atoms with Gasteiger partial charge in [-0.1, -0.05) is 56.7 Å². The summed E-state index contributed by atoms with van der Waals surface area (Å²) in [6, 6.07) is 9.89. The fourth-order valence-corrected chi connectivity index (χ4v) is 3.23. The van der Waals surface area contributed by atoms with Crippen molar-refractivity contribution in [3.8, 4) is 0 Å². The number of methoxy groups -OCH3 is 1. The Morgan fingerprint density at radius 3 is 2.24 bits per heavy atom. The summed E-state index contributed by atoms with van der Waals surface area (Å²) >= 11 is 0. The van der Waals surface area contributed by atoms with Crippen LogP contribution < -0.4 is 0 Å². The summed E-state index contributed by atoms with van der Waals surface area (Å²) < 4.78 is 5.68. The zero-order chi connectivity index (χ0) is 15.8. The van der Waals surface area contributed by atoms with E-state index in [0.29, 0.717) is 6.42 Å². The first kappa shape index (κ1) is 15.6. The van der Waals surface area contributed by atoms with Crippen molar-refractivity contribution in [3.63, 3.8) is 0 Å². The monoisotopic (exact) mass is 284 g/mol. The molecule has 0 aromatic heterocycles. The van der Waals surface area contributed by atoms with E-state index in [4.69, 9.17) is 4.74 Å². The molecule has 1 aromatic rings. The van der Waals surface area contributed by atoms with E-state index in [9.17, 15) is 4.79 Å². The average molecular weight is 284 g/mol. The first-order chi connectivity index (χ1) is 9.75. The van der Waals surface area contributed by atoms with Crippen LogP contribution in [0.5, 0.6) is 0 Å². The Morgan fingerprint density at radius 1 is 1.24 bits per heavy atom. The normalized spacial score (nSPS) is 22.0. The summed E-state index contributed by atoms with van der Waals surface area (Å²) in [6.45, 7) is 12.1. The van der Waals surface area contributed by atoms with Gasteiger partial charge in [-0.2, -0.15) is 0 Å². The quantitative estimate of drug-likeness (QED) is 0.765. The van der Waals surface area contributed by atoms with Crippen LogP contribution in [0.3, 0.4) is 0 Å². The molecule has 0 N–H and O–H groups in total. The summed E-state index contributed by atoms with van der Waals surface area (Å²) in [4.78, 5) is 13.1. The summed E-state index contributed by atoms with van der Waals surface area (Å²) in [6.07, 6.45) is 0.596. The Balaban J connectivity index is 2.67. The Kier molecular flexibility index (Phi) is 3.83. The lowest BCUT2D eigenvalue weighted by Gasteiger charge is -2.47. The number of hydrogen-bond acceptors (Lipinski definition) is 2. The molecule has 0 aliphatic heterocycles. The standard InChI is InChI=1S/C19H24O2/c1-13(2)12-19(14-10-8-7-9-11-14)16(20)15(17(19)21-6)18(3,4)5/h7-11H,1,12H2,2-6H3. The summed E-state index contributed by atoms with van der Waals surface area (Å²) in [5, 5.41) is 0. The van der Waals surface area contributed by atoms with Crippen molar-refractivity contribution in [2.75, 3.05) is 7.11 Å². The Morgan fingerprint density at radius 2 is 1.81 bits per heavy atom. The third kappa shape index (κ3) is 2.33. The number of hydrogen-bond donors (Lipinski definition) is 0. The van der Waals surface area contributed by atoms with Gasteiger partial charge in [-0.3, -0.25) is 4.79 Å². The van der Waals surface area contributed by atoms with Gasteiger partial charge in [0.25, 0.3) is 0 Å². The minimum Gasteiger partial charge on any atom is -0.499 e. The molecule has 0 bridgehead atoms. The number of ether oxygens (including phenoxy) is 1. The highest BCUT2D eigenvalue weighted by molar-refractivity contribution is 6.14. The summed E-state index contributed by atoms with van der Waals surface area (Å²) in [5.41, 5.74) is 1.87. The van der Waals surface area contributed by atoms with Crippen molar-refractivity contribution in [2.45, 2.75) is 39.5 Å². The number of carbonyl (C=O) groups is 1. The maximum atomic E-state index is 13.1. The van der Waals surface area contributed by atoms with Crippen LogP contribution in [0.15, 0.2) is 53.8 Å². The number of allylic oxidation sites excluding steroid dienone is 3. The van der Waals surface area contributed by atoms with Crippen molar-refractivity contribution in [1.82, 2.24) is 0 Å². The fraction of sp³-hybridized carbons (Fsp3) is 0.421. The Bertz CT molecular complexity index is 602. The largest absolute Gasteiger partial charge is 0.499 e. The maximum Gasteiger partial charge on any atom is 0.181 e. The summed E-state index contributed by atoms with van der Waals surface area (Å²) in [5.74, 6) is 0.968. The van der Waals surface area contributed by atoms with Crippen LogP contribution in [-0.4, -0.2) is 12.9 Å². The molecule has 2 nitrogen and oxygen atoms in total. The molecule has 21 heavy (non-hydrogen) atoms. The van der Waals surface area contributed by atoms with Gasteiger partial charge in [-0.15, -0.1) is 6.58 Å². The lowest BCUT2D eigenvalue weighted by molar-refractivity contribution is -0.126. The third-order valence-electron chi connectivity index (χ3n) is 4.02. The molecule has 1 aliphatic carbocycles. The molecule has 0 heterocycles. The van der Waals surface area contributed by atoms with Crippen molar-refractivity contribution in [1.29, 1.82) is 0 Å². The molecule has 0 spiro atoms. The maximum absolute atomic E-state index is 13.1. The van der Waals surface area contributed by atoms with Crippen molar-refractivity contribution >= 4 is 5.78 Å². The Labute approximate surface area is 127 Å². The van der Waals surface area contributed by atoms with Gasteiger partial charge in [0.05, 0.1) is 7.11 Å². The van der Waals surface area contributed by atoms with Gasteiger partial charge >= 0.3 is 0 Å². The molecule has 0 saturated carbocycles. The molecular formula is C19H24O2. The van der Waals surface area contributed by atoms with Crippen LogP contribution >= 0.6 is 0 Å². The van der Waals surface area contributed by atoms with Gasteiger partial charge in [0.1, 0.15) is 11.2 Å². The van der Waals surface area contributed by atoms with Gasteiger partial charge in [0.15, 0.2) is 5.78 Å². The molecule has 2 rings (SSSR count). The van der Waals surface area contributed by atoms with E-state index in [1.165, 1.54) is 0 Å². The van der Waals surface area contributed by atoms with Crippen LogP contribution in [0.4, 0.5) is 0 Å². The molecule has 0 fully saturated rings. The van der Waals surface area contributed by atoms with Gasteiger partial charge in [0, 0.05) is 5.57 Å². The molecule has 1 atom stereocenters. The van der Waals surface area contributed by atoms with E-state index < -0.39 is 5.41 Å². The van der Waals surface area contributed by atoms with E-state index in [-0.39, 0.29) is 11.2 Å². The Hall–Kier alpha value is -1.83. The van der Waals surface area contributed by atoms with Gasteiger partial charge in [-0.05, 0) is 24.3 Å². The van der Waals surface area contributed by atoms with Crippen LogP contribution in [-0.2, 0) is 14.9 Å². The second kappa shape index (κ2) is 5.18. The number of ketones is 1. The molecule has 0 radical (unpaired) electrons. The van der Waals surface area contributed by atoms with E-state index in [1.54, 1.807) is 7.11 Å². The zero-order valence-electron chi connectivity index (χ0n) is 13.6. The molecule has 1 aliphatic rings. The van der Waals surface area contributed by atoms with Gasteiger partial charge < -0.3 is 4.74 Å². The molecule has 1 unspecified atom stereocenters. The van der Waals surface area contributed by atoms with Gasteiger partial charge in [0.2, 0.25) is 0 Å². The van der Waals surface area contributed by atoms with Crippen LogP contribution in [0, 0.1) is 5.41 Å². The van der Waals surface area contributed by atoms with Crippen LogP contribution in [0.25, 0.3) is 0 Å². The highest BCUT2D eigenvalue weighted by atomic mass is 16.5. The third-order valence-corrected chi connectivity index (χ3v) is 4.02. The predicted molar refractivity (Wildman–Crippen MR) is 86.0 cm³/mol. The van der Waals surface area contributed by atoms with E-state index in [0.717, 1.165) is 22.5 Å². The van der Waals surface area contributed by atoms with Crippen molar-refractivity contribution in [2.24, 2.45) is 5.41 Å². The van der Waals surface area contributed by atoms with E-state index in [1.807, 2.05) is 37.3 Å². The topological polar surface area (TPSA) is 26.3 Å². The molecule has 2 heteroatoms. The van der Waals surface area contributed by atoms with E-state index in [2.05, 4.69) is 27.4 Å².